The molecular weight excluding hydrogens is 759 g/mol. The average Bonchev–Trinajstić information content (AvgIpc) is 3.18. The van der Waals surface area contributed by atoms with Crippen LogP contribution in [0.3, 0.4) is 0 Å². The molecule has 0 spiro atoms. The van der Waals surface area contributed by atoms with Gasteiger partial charge in [-0.3, -0.25) is 9.69 Å². The van der Waals surface area contributed by atoms with E-state index in [2.05, 4.69) is 83.6 Å². The molecule has 5 aliphatic rings. The highest BCUT2D eigenvalue weighted by Crippen LogP contribution is 2.77. The maximum Gasteiger partial charge on any atom is 0.264 e. The van der Waals surface area contributed by atoms with Crippen LogP contribution in [0.15, 0.2) is 93.7 Å². The Labute approximate surface area is 353 Å². The molecule has 1 heterocycles. The first-order valence-corrected chi connectivity index (χ1v) is 24.3. The summed E-state index contributed by atoms with van der Waals surface area (Å²) in [5, 5.41) is 3.72. The van der Waals surface area contributed by atoms with Crippen molar-refractivity contribution in [2.45, 2.75) is 109 Å². The fourth-order valence-electron chi connectivity index (χ4n) is 10.4. The molecule has 58 heavy (non-hydrogen) atoms. The van der Waals surface area contributed by atoms with E-state index in [0.29, 0.717) is 21.8 Å². The standard InChI is InChI=1S/C48H67N5O3S2/c1-7-23-51(8-2)24-21-39(32-57-41-12-10-9-11-13-41)49-44-19-18-42(29-36(44)3)58(55,56)50-45(54)37-14-16-40(17-15-37)53-27-25-52(26-28-53)31-38-20-22-46(4,5)30-43(38)48-33-47(6,34-48)35-48/h9-19,29,39,49H,7-8,20-28,30-35H2,1-6H3,(H,50,54)/t39-,47?,48?/m1/s1. The topological polar surface area (TPSA) is 85.0 Å². The zero-order chi connectivity index (χ0) is 41.1. The van der Waals surface area contributed by atoms with E-state index in [9.17, 15) is 13.2 Å². The molecule has 0 radical (unpaired) electrons. The molecule has 314 valence electrons. The Bertz CT molecular complexity index is 2020. The summed E-state index contributed by atoms with van der Waals surface area (Å²) in [6.45, 7) is 21.8. The van der Waals surface area contributed by atoms with E-state index >= 15 is 0 Å². The number of benzene rings is 3. The van der Waals surface area contributed by atoms with Gasteiger partial charge in [0.05, 0.1) is 4.90 Å². The molecule has 1 saturated heterocycles. The van der Waals surface area contributed by atoms with Crippen LogP contribution in [0.1, 0.15) is 102 Å². The SMILES string of the molecule is CCCN(CC)CC[C@H](CSc1ccccc1)Nc1ccc(S(=O)(=O)NC(=O)c2ccc(N3CCN(CC4=C(C56CC(C)(C5)C6)CC(C)(C)CC4)CC3)cc2)cc1C. The number of nitrogens with zero attached hydrogens (tertiary/aromatic N) is 3. The normalized spacial score (nSPS) is 23.6. The third kappa shape index (κ3) is 9.99. The second kappa shape index (κ2) is 17.7. The van der Waals surface area contributed by atoms with Crippen molar-refractivity contribution in [3.63, 3.8) is 0 Å². The average molecular weight is 826 g/mol. The van der Waals surface area contributed by atoms with Gasteiger partial charge in [0.1, 0.15) is 0 Å². The number of amides is 1. The molecule has 2 N–H and O–H groups in total. The van der Waals surface area contributed by atoms with E-state index < -0.39 is 15.9 Å². The molecule has 8 rings (SSSR count). The quantitative estimate of drug-likeness (QED) is 0.0970. The van der Waals surface area contributed by atoms with Crippen molar-refractivity contribution in [2.75, 3.05) is 68.3 Å². The highest BCUT2D eigenvalue weighted by molar-refractivity contribution is 7.99. The van der Waals surface area contributed by atoms with Crippen LogP contribution in [-0.2, 0) is 10.0 Å². The molecule has 4 fully saturated rings. The fourth-order valence-corrected chi connectivity index (χ4v) is 12.4. The molecular formula is C48H67N5O3S2. The number of anilines is 2. The van der Waals surface area contributed by atoms with Crippen LogP contribution in [0.5, 0.6) is 0 Å². The number of hydrogen-bond donors (Lipinski definition) is 2. The van der Waals surface area contributed by atoms with Crippen LogP contribution in [-0.4, -0.2) is 88.3 Å². The largest absolute Gasteiger partial charge is 0.381 e. The van der Waals surface area contributed by atoms with Gasteiger partial charge in [0, 0.05) is 72.9 Å². The van der Waals surface area contributed by atoms with Crippen LogP contribution in [0.4, 0.5) is 11.4 Å². The number of nitrogens with one attached hydrogen (secondary N) is 2. The Morgan fingerprint density at radius 1 is 0.914 bits per heavy atom. The summed E-state index contributed by atoms with van der Waals surface area (Å²) >= 11 is 1.83. The van der Waals surface area contributed by atoms with Crippen LogP contribution >= 0.6 is 11.8 Å². The zero-order valence-electron chi connectivity index (χ0n) is 35.9. The van der Waals surface area contributed by atoms with Gasteiger partial charge in [-0.15, -0.1) is 11.8 Å². The first-order valence-electron chi connectivity index (χ1n) is 21.8. The molecule has 3 aromatic carbocycles. The molecule has 3 aromatic rings. The molecule has 3 saturated carbocycles. The smallest absolute Gasteiger partial charge is 0.264 e. The molecule has 10 heteroatoms. The minimum absolute atomic E-state index is 0.0759. The summed E-state index contributed by atoms with van der Waals surface area (Å²) in [6.07, 6.45) is 10.1. The van der Waals surface area contributed by atoms with Crippen LogP contribution < -0.4 is 14.9 Å². The number of carbonyl (C=O) groups excluding carboxylic acids is 1. The lowest BCUT2D eigenvalue weighted by Gasteiger charge is -2.72. The second-order valence-corrected chi connectivity index (χ2v) is 21.7. The van der Waals surface area contributed by atoms with Crippen molar-refractivity contribution in [3.8, 4) is 0 Å². The van der Waals surface area contributed by atoms with Gasteiger partial charge in [0.25, 0.3) is 15.9 Å². The highest BCUT2D eigenvalue weighted by atomic mass is 32.2. The number of allylic oxidation sites excluding steroid dienone is 1. The number of aryl methyl sites for hydroxylation is 1. The molecule has 4 aliphatic carbocycles. The van der Waals surface area contributed by atoms with Gasteiger partial charge in [-0.25, -0.2) is 13.1 Å². The van der Waals surface area contributed by atoms with Gasteiger partial charge in [0.2, 0.25) is 0 Å². The predicted octanol–water partition coefficient (Wildman–Crippen LogP) is 9.63. The summed E-state index contributed by atoms with van der Waals surface area (Å²) in [5.41, 5.74) is 8.23. The van der Waals surface area contributed by atoms with Crippen LogP contribution in [0, 0.1) is 23.2 Å². The zero-order valence-corrected chi connectivity index (χ0v) is 37.5. The highest BCUT2D eigenvalue weighted by Gasteiger charge is 2.66. The van der Waals surface area contributed by atoms with Crippen LogP contribution in [0.25, 0.3) is 0 Å². The lowest BCUT2D eigenvalue weighted by Crippen LogP contribution is -2.61. The first kappa shape index (κ1) is 42.8. The van der Waals surface area contributed by atoms with E-state index in [1.807, 2.05) is 48.5 Å². The van der Waals surface area contributed by atoms with Gasteiger partial charge in [-0.2, -0.15) is 0 Å². The van der Waals surface area contributed by atoms with E-state index in [1.54, 1.807) is 29.8 Å². The fraction of sp³-hybridized carbons (Fsp3) is 0.562. The van der Waals surface area contributed by atoms with Gasteiger partial charge in [-0.1, -0.05) is 64.0 Å². The molecule has 1 aliphatic heterocycles. The summed E-state index contributed by atoms with van der Waals surface area (Å²) in [4.78, 5) is 22.1. The molecule has 8 nitrogen and oxygen atoms in total. The van der Waals surface area contributed by atoms with Gasteiger partial charge >= 0.3 is 0 Å². The molecule has 1 amide bonds. The van der Waals surface area contributed by atoms with E-state index in [0.717, 1.165) is 87.9 Å². The van der Waals surface area contributed by atoms with E-state index in [1.165, 1.54) is 43.4 Å². The maximum absolute atomic E-state index is 13.5. The lowest BCUT2D eigenvalue weighted by molar-refractivity contribution is -0.167. The molecule has 1 atom stereocenters. The minimum atomic E-state index is -4.08. The maximum atomic E-state index is 13.5. The third-order valence-corrected chi connectivity index (χ3v) is 16.0. The summed E-state index contributed by atoms with van der Waals surface area (Å²) in [6, 6.07) is 23.1. The van der Waals surface area contributed by atoms with Gasteiger partial charge < -0.3 is 15.1 Å². The summed E-state index contributed by atoms with van der Waals surface area (Å²) in [7, 11) is -4.08. The Morgan fingerprint density at radius 3 is 2.26 bits per heavy atom. The van der Waals surface area contributed by atoms with Gasteiger partial charge in [-0.05, 0) is 148 Å². The number of carbonyl (C=O) groups is 1. The Balaban J connectivity index is 0.925. The second-order valence-electron chi connectivity index (χ2n) is 19.0. The summed E-state index contributed by atoms with van der Waals surface area (Å²) < 4.78 is 29.3. The van der Waals surface area contributed by atoms with Gasteiger partial charge in [0.15, 0.2) is 0 Å². The Hall–Kier alpha value is -3.31. The molecule has 0 aromatic heterocycles. The number of hydrogen-bond acceptors (Lipinski definition) is 8. The van der Waals surface area contributed by atoms with Crippen molar-refractivity contribution in [1.82, 2.24) is 14.5 Å². The first-order chi connectivity index (χ1) is 27.7. The van der Waals surface area contributed by atoms with Crippen molar-refractivity contribution in [1.29, 1.82) is 0 Å². The van der Waals surface area contributed by atoms with Crippen molar-refractivity contribution >= 4 is 39.1 Å². The third-order valence-electron chi connectivity index (χ3n) is 13.5. The lowest BCUT2D eigenvalue weighted by atomic mass is 9.33. The van der Waals surface area contributed by atoms with E-state index in [-0.39, 0.29) is 10.9 Å². The number of thioether (sulfide) groups is 1. The molecule has 2 bridgehead atoms. The van der Waals surface area contributed by atoms with Crippen molar-refractivity contribution < 1.29 is 13.2 Å². The predicted molar refractivity (Wildman–Crippen MR) is 242 cm³/mol. The minimum Gasteiger partial charge on any atom is -0.381 e. The molecule has 0 unspecified atom stereocenters. The van der Waals surface area contributed by atoms with Crippen molar-refractivity contribution in [2.24, 2.45) is 16.2 Å². The Kier molecular flexibility index (Phi) is 13.1. The summed E-state index contributed by atoms with van der Waals surface area (Å²) in [5.74, 6) is 0.260. The number of piperazine rings is 1. The monoisotopic (exact) mass is 825 g/mol. The van der Waals surface area contributed by atoms with Crippen molar-refractivity contribution in [3.05, 3.63) is 95.1 Å². The number of sulfonamides is 1. The Morgan fingerprint density at radius 2 is 1.62 bits per heavy atom. The van der Waals surface area contributed by atoms with Crippen LogP contribution in [0.2, 0.25) is 0 Å². The van der Waals surface area contributed by atoms with E-state index in [4.69, 9.17) is 0 Å². The number of rotatable bonds is 18.